The fraction of sp³-hybridized carbons (Fsp3) is 0.462. The van der Waals surface area contributed by atoms with E-state index in [9.17, 15) is 18.7 Å². The maximum absolute atomic E-state index is 13.6. The Hall–Kier alpha value is -1.49. The molecule has 1 N–H and O–H groups in total. The third kappa shape index (κ3) is 2.85. The van der Waals surface area contributed by atoms with Crippen LogP contribution in [-0.2, 0) is 9.53 Å². The number of ether oxygens (including phenoxy) is 1. The maximum atomic E-state index is 13.6. The molecule has 0 spiro atoms. The second-order valence-electron chi connectivity index (χ2n) is 4.09. The monoisotopic (exact) mass is 258 g/mol. The first kappa shape index (κ1) is 14.6. The predicted molar refractivity (Wildman–Crippen MR) is 62.5 cm³/mol. The molecule has 0 radical (unpaired) electrons. The third-order valence-corrected chi connectivity index (χ3v) is 2.74. The van der Waals surface area contributed by atoms with Crippen molar-refractivity contribution in [1.29, 1.82) is 0 Å². The molecule has 18 heavy (non-hydrogen) atoms. The van der Waals surface area contributed by atoms with Crippen LogP contribution < -0.4 is 0 Å². The van der Waals surface area contributed by atoms with Crippen LogP contribution >= 0.6 is 0 Å². The summed E-state index contributed by atoms with van der Waals surface area (Å²) < 4.78 is 31.4. The highest BCUT2D eigenvalue weighted by Gasteiger charge is 2.49. The van der Waals surface area contributed by atoms with Gasteiger partial charge in [-0.2, -0.15) is 8.78 Å². The Labute approximate surface area is 104 Å². The molecule has 0 aliphatic carbocycles. The van der Waals surface area contributed by atoms with E-state index in [1.54, 1.807) is 13.0 Å². The molecule has 3 nitrogen and oxygen atoms in total. The molecule has 0 saturated carbocycles. The van der Waals surface area contributed by atoms with Crippen molar-refractivity contribution >= 4 is 5.97 Å². The number of hydrogen-bond acceptors (Lipinski definition) is 3. The molecular weight excluding hydrogens is 242 g/mol. The van der Waals surface area contributed by atoms with E-state index < -0.39 is 18.0 Å². The van der Waals surface area contributed by atoms with Gasteiger partial charge in [0.1, 0.15) is 0 Å². The average Bonchev–Trinajstić information content (AvgIpc) is 2.32. The number of benzene rings is 1. The largest absolute Gasteiger partial charge is 0.461 e. The highest BCUT2D eigenvalue weighted by atomic mass is 19.3. The summed E-state index contributed by atoms with van der Waals surface area (Å²) in [6.07, 6.45) is -2.20. The summed E-state index contributed by atoms with van der Waals surface area (Å²) in [7, 11) is 0. The van der Waals surface area contributed by atoms with Crippen LogP contribution in [-0.4, -0.2) is 23.6 Å². The zero-order chi connectivity index (χ0) is 13.9. The first-order chi connectivity index (χ1) is 8.30. The number of aryl methyl sites for hydroxylation is 2. The van der Waals surface area contributed by atoms with Crippen LogP contribution in [0.5, 0.6) is 0 Å². The molecule has 1 atom stereocenters. The fourth-order valence-electron chi connectivity index (χ4n) is 1.48. The first-order valence-electron chi connectivity index (χ1n) is 5.61. The Kier molecular flexibility index (Phi) is 4.40. The van der Waals surface area contributed by atoms with Gasteiger partial charge in [0.2, 0.25) is 0 Å². The number of halogens is 2. The van der Waals surface area contributed by atoms with Gasteiger partial charge in [-0.25, -0.2) is 4.79 Å². The molecule has 0 bridgehead atoms. The minimum atomic E-state index is -3.95. The third-order valence-electron chi connectivity index (χ3n) is 2.74. The van der Waals surface area contributed by atoms with Crippen LogP contribution in [0.4, 0.5) is 8.78 Å². The summed E-state index contributed by atoms with van der Waals surface area (Å²) >= 11 is 0. The highest BCUT2D eigenvalue weighted by molar-refractivity contribution is 5.78. The van der Waals surface area contributed by atoms with E-state index >= 15 is 0 Å². The van der Waals surface area contributed by atoms with E-state index in [1.807, 2.05) is 6.92 Å². The summed E-state index contributed by atoms with van der Waals surface area (Å²) in [5, 5.41) is 9.61. The molecular formula is C13H16F2O3. The smallest absolute Gasteiger partial charge is 0.380 e. The molecule has 0 amide bonds. The second kappa shape index (κ2) is 5.44. The molecule has 0 heterocycles. The van der Waals surface area contributed by atoms with E-state index in [-0.39, 0.29) is 12.2 Å². The van der Waals surface area contributed by atoms with Crippen LogP contribution in [0.3, 0.4) is 0 Å². The Bertz CT molecular complexity index is 444. The Balaban J connectivity index is 3.01. The van der Waals surface area contributed by atoms with E-state index in [4.69, 9.17) is 0 Å². The van der Waals surface area contributed by atoms with Gasteiger partial charge in [0, 0.05) is 0 Å². The lowest BCUT2D eigenvalue weighted by atomic mass is 9.99. The first-order valence-corrected chi connectivity index (χ1v) is 5.61. The highest BCUT2D eigenvalue weighted by Crippen LogP contribution is 2.33. The van der Waals surface area contributed by atoms with E-state index in [1.165, 1.54) is 19.1 Å². The van der Waals surface area contributed by atoms with Gasteiger partial charge in [-0.3, -0.25) is 0 Å². The molecule has 0 saturated heterocycles. The number of alkyl halides is 2. The molecule has 1 aromatic rings. The number of aliphatic hydroxyl groups is 1. The van der Waals surface area contributed by atoms with Crippen molar-refractivity contribution in [3.05, 3.63) is 34.9 Å². The predicted octanol–water partition coefficient (Wildman–Crippen LogP) is 2.54. The Morgan fingerprint density at radius 1 is 1.39 bits per heavy atom. The minimum absolute atomic E-state index is 0.00356. The van der Waals surface area contributed by atoms with Gasteiger partial charge in [0.15, 0.2) is 6.10 Å². The van der Waals surface area contributed by atoms with Crippen molar-refractivity contribution in [2.75, 3.05) is 6.61 Å². The van der Waals surface area contributed by atoms with E-state index in [0.717, 1.165) is 11.1 Å². The summed E-state index contributed by atoms with van der Waals surface area (Å²) in [5.74, 6) is -5.66. The lowest BCUT2D eigenvalue weighted by Gasteiger charge is -2.21. The molecule has 5 heteroatoms. The Morgan fingerprint density at radius 2 is 2.00 bits per heavy atom. The van der Waals surface area contributed by atoms with Gasteiger partial charge < -0.3 is 9.84 Å². The second-order valence-corrected chi connectivity index (χ2v) is 4.09. The molecule has 1 rings (SSSR count). The summed E-state index contributed by atoms with van der Waals surface area (Å²) in [5.41, 5.74) is 1.69. The lowest BCUT2D eigenvalue weighted by molar-refractivity contribution is -0.189. The maximum Gasteiger partial charge on any atom is 0.380 e. The van der Waals surface area contributed by atoms with Crippen LogP contribution in [0.1, 0.15) is 29.7 Å². The quantitative estimate of drug-likeness (QED) is 0.844. The summed E-state index contributed by atoms with van der Waals surface area (Å²) in [6.45, 7) is 4.84. The minimum Gasteiger partial charge on any atom is -0.461 e. The van der Waals surface area contributed by atoms with Crippen LogP contribution in [0.25, 0.3) is 0 Å². The van der Waals surface area contributed by atoms with Crippen molar-refractivity contribution in [2.24, 2.45) is 0 Å². The van der Waals surface area contributed by atoms with E-state index in [2.05, 4.69) is 4.74 Å². The average molecular weight is 258 g/mol. The number of esters is 1. The summed E-state index contributed by atoms with van der Waals surface area (Å²) in [4.78, 5) is 11.1. The van der Waals surface area contributed by atoms with Crippen molar-refractivity contribution < 1.29 is 23.4 Å². The van der Waals surface area contributed by atoms with Gasteiger partial charge in [0.25, 0.3) is 0 Å². The fourth-order valence-corrected chi connectivity index (χ4v) is 1.48. The van der Waals surface area contributed by atoms with Gasteiger partial charge in [-0.15, -0.1) is 0 Å². The van der Waals surface area contributed by atoms with E-state index in [0.29, 0.717) is 0 Å². The number of hydrogen-bond donors (Lipinski definition) is 1. The molecule has 0 aromatic heterocycles. The van der Waals surface area contributed by atoms with Crippen molar-refractivity contribution in [1.82, 2.24) is 0 Å². The van der Waals surface area contributed by atoms with Gasteiger partial charge in [-0.05, 0) is 37.5 Å². The zero-order valence-corrected chi connectivity index (χ0v) is 10.5. The lowest BCUT2D eigenvalue weighted by Crippen LogP contribution is -2.37. The van der Waals surface area contributed by atoms with Crippen molar-refractivity contribution in [3.63, 3.8) is 0 Å². The molecule has 100 valence electrons. The zero-order valence-electron chi connectivity index (χ0n) is 10.5. The van der Waals surface area contributed by atoms with Crippen LogP contribution in [0.2, 0.25) is 0 Å². The number of carbonyl (C=O) groups is 1. The topological polar surface area (TPSA) is 46.5 Å². The molecule has 1 aromatic carbocycles. The van der Waals surface area contributed by atoms with Crippen molar-refractivity contribution in [3.8, 4) is 0 Å². The number of carbonyl (C=O) groups excluding carboxylic acids is 1. The summed E-state index contributed by atoms with van der Waals surface area (Å²) in [6, 6.07) is 4.43. The molecule has 1 unspecified atom stereocenters. The van der Waals surface area contributed by atoms with Gasteiger partial charge in [0.05, 0.1) is 6.61 Å². The number of rotatable bonds is 4. The van der Waals surface area contributed by atoms with Crippen LogP contribution in [0.15, 0.2) is 18.2 Å². The molecule has 0 aliphatic heterocycles. The van der Waals surface area contributed by atoms with Crippen LogP contribution in [0, 0.1) is 13.8 Å². The Morgan fingerprint density at radius 3 is 2.50 bits per heavy atom. The normalized spacial score (nSPS) is 13.2. The number of aliphatic hydroxyl groups excluding tert-OH is 1. The SMILES string of the molecule is CCOC(=O)C(F)(F)C(O)c1ccc(C)c(C)c1. The molecule has 0 aliphatic rings. The van der Waals surface area contributed by atoms with Gasteiger partial charge in [-0.1, -0.05) is 18.2 Å². The standard InChI is InChI=1S/C13H16F2O3/c1-4-18-12(17)13(14,15)11(16)10-6-5-8(2)9(3)7-10/h5-7,11,16H,4H2,1-3H3. The van der Waals surface area contributed by atoms with Gasteiger partial charge >= 0.3 is 11.9 Å². The van der Waals surface area contributed by atoms with Crippen molar-refractivity contribution in [2.45, 2.75) is 32.8 Å². The molecule has 0 fully saturated rings.